The van der Waals surface area contributed by atoms with Crippen molar-refractivity contribution in [2.75, 3.05) is 19.8 Å². The predicted molar refractivity (Wildman–Crippen MR) is 84.9 cm³/mol. The molecule has 1 aromatic carbocycles. The first-order valence-corrected chi connectivity index (χ1v) is 7.77. The van der Waals surface area contributed by atoms with Crippen molar-refractivity contribution in [1.82, 2.24) is 5.32 Å². The van der Waals surface area contributed by atoms with Gasteiger partial charge in [-0.25, -0.2) is 0 Å². The summed E-state index contributed by atoms with van der Waals surface area (Å²) >= 11 is 12.3. The van der Waals surface area contributed by atoms with Gasteiger partial charge >= 0.3 is 0 Å². The third-order valence-electron chi connectivity index (χ3n) is 3.97. The summed E-state index contributed by atoms with van der Waals surface area (Å²) in [7, 11) is 0. The number of nitrogens with one attached hydrogen (secondary N) is 1. The molecule has 6 heteroatoms. The van der Waals surface area contributed by atoms with Crippen LogP contribution in [-0.2, 0) is 14.9 Å². The fraction of sp³-hybridized carbons (Fsp3) is 0.533. The van der Waals surface area contributed by atoms with Gasteiger partial charge < -0.3 is 15.8 Å². The second-order valence-electron chi connectivity index (χ2n) is 5.52. The Morgan fingerprint density at radius 1 is 1.43 bits per heavy atom. The normalized spacial score (nSPS) is 19.0. The number of rotatable bonds is 4. The van der Waals surface area contributed by atoms with Gasteiger partial charge in [0.1, 0.15) is 0 Å². The van der Waals surface area contributed by atoms with Crippen LogP contribution in [0.15, 0.2) is 18.2 Å². The monoisotopic (exact) mass is 330 g/mol. The molecule has 116 valence electrons. The van der Waals surface area contributed by atoms with E-state index in [2.05, 4.69) is 5.32 Å². The van der Waals surface area contributed by atoms with Crippen LogP contribution in [0.25, 0.3) is 0 Å². The lowest BCUT2D eigenvalue weighted by atomic mass is 9.74. The molecular formula is C15H20Cl2N2O2. The number of benzene rings is 1. The van der Waals surface area contributed by atoms with Gasteiger partial charge in [-0.2, -0.15) is 0 Å². The third kappa shape index (κ3) is 3.89. The summed E-state index contributed by atoms with van der Waals surface area (Å²) in [5.74, 6) is -0.161. The predicted octanol–water partition coefficient (Wildman–Crippen LogP) is 2.51. The molecule has 1 atom stereocenters. The van der Waals surface area contributed by atoms with Crippen LogP contribution in [0.2, 0.25) is 10.0 Å². The summed E-state index contributed by atoms with van der Waals surface area (Å²) in [5.41, 5.74) is 6.37. The minimum atomic E-state index is -0.525. The molecule has 0 aliphatic carbocycles. The highest BCUT2D eigenvalue weighted by Crippen LogP contribution is 2.39. The maximum atomic E-state index is 11.8. The van der Waals surface area contributed by atoms with Gasteiger partial charge in [0, 0.05) is 35.2 Å². The molecule has 1 aromatic rings. The van der Waals surface area contributed by atoms with Gasteiger partial charge in [-0.1, -0.05) is 29.3 Å². The Labute approximate surface area is 134 Å². The third-order valence-corrected chi connectivity index (χ3v) is 4.51. The molecular weight excluding hydrogens is 311 g/mol. The summed E-state index contributed by atoms with van der Waals surface area (Å²) in [6.07, 6.45) is 1.60. The van der Waals surface area contributed by atoms with Gasteiger partial charge in [0.15, 0.2) is 0 Å². The van der Waals surface area contributed by atoms with Gasteiger partial charge in [0.05, 0.1) is 6.04 Å². The van der Waals surface area contributed by atoms with Crippen LogP contribution < -0.4 is 11.1 Å². The number of halogens is 2. The maximum Gasteiger partial charge on any atom is 0.236 e. The number of hydrogen-bond acceptors (Lipinski definition) is 3. The highest BCUT2D eigenvalue weighted by atomic mass is 35.5. The van der Waals surface area contributed by atoms with Gasteiger partial charge in [-0.05, 0) is 37.5 Å². The molecule has 21 heavy (non-hydrogen) atoms. The van der Waals surface area contributed by atoms with Gasteiger partial charge in [-0.3, -0.25) is 4.79 Å². The zero-order valence-corrected chi connectivity index (χ0v) is 13.5. The number of nitrogens with two attached hydrogens (primary N) is 1. The highest BCUT2D eigenvalue weighted by molar-refractivity contribution is 6.35. The molecule has 0 radical (unpaired) electrons. The molecule has 1 aliphatic rings. The van der Waals surface area contributed by atoms with E-state index in [0.29, 0.717) is 29.8 Å². The average Bonchev–Trinajstić information content (AvgIpc) is 2.45. The molecule has 4 nitrogen and oxygen atoms in total. The van der Waals surface area contributed by atoms with Crippen LogP contribution in [0.4, 0.5) is 0 Å². The summed E-state index contributed by atoms with van der Waals surface area (Å²) in [6, 6.07) is 4.98. The first kappa shape index (κ1) is 16.6. The van der Waals surface area contributed by atoms with Crippen molar-refractivity contribution in [2.24, 2.45) is 5.73 Å². The molecule has 1 heterocycles. The van der Waals surface area contributed by atoms with Crippen LogP contribution >= 0.6 is 23.2 Å². The Balaban J connectivity index is 2.26. The maximum absolute atomic E-state index is 11.8. The standard InChI is InChI=1S/C15H20Cl2N2O2/c1-10(18)14(20)19-9-15(4-6-21-7-5-15)12-3-2-11(16)8-13(12)17/h2-3,8,10H,4-7,9,18H2,1H3,(H,19,20)/t10-/m1/s1. The number of ether oxygens (including phenoxy) is 1. The number of hydrogen-bond donors (Lipinski definition) is 2. The zero-order chi connectivity index (χ0) is 15.5. The molecule has 0 spiro atoms. The van der Waals surface area contributed by atoms with E-state index in [-0.39, 0.29) is 11.3 Å². The largest absolute Gasteiger partial charge is 0.381 e. The van der Waals surface area contributed by atoms with Crippen molar-refractivity contribution in [2.45, 2.75) is 31.2 Å². The molecule has 3 N–H and O–H groups in total. The highest BCUT2D eigenvalue weighted by Gasteiger charge is 2.36. The molecule has 0 aromatic heterocycles. The Kier molecular flexibility index (Phi) is 5.49. The van der Waals surface area contributed by atoms with E-state index in [0.717, 1.165) is 18.4 Å². The van der Waals surface area contributed by atoms with Crippen LogP contribution in [-0.4, -0.2) is 31.7 Å². The lowest BCUT2D eigenvalue weighted by molar-refractivity contribution is -0.122. The summed E-state index contributed by atoms with van der Waals surface area (Å²) in [6.45, 7) is 3.46. The lowest BCUT2D eigenvalue weighted by Crippen LogP contribution is -2.48. The first-order valence-electron chi connectivity index (χ1n) is 7.01. The van der Waals surface area contributed by atoms with E-state index in [1.165, 1.54) is 0 Å². The van der Waals surface area contributed by atoms with Crippen LogP contribution in [0.1, 0.15) is 25.3 Å². The van der Waals surface area contributed by atoms with Crippen molar-refractivity contribution in [3.63, 3.8) is 0 Å². The fourth-order valence-electron chi connectivity index (χ4n) is 2.64. The van der Waals surface area contributed by atoms with Gasteiger partial charge in [0.25, 0.3) is 0 Å². The summed E-state index contributed by atoms with van der Waals surface area (Å²) < 4.78 is 5.46. The molecule has 0 unspecified atom stereocenters. The van der Waals surface area contributed by atoms with Crippen molar-refractivity contribution in [3.8, 4) is 0 Å². The summed E-state index contributed by atoms with van der Waals surface area (Å²) in [4.78, 5) is 11.8. The van der Waals surface area contributed by atoms with E-state index in [4.69, 9.17) is 33.7 Å². The molecule has 0 saturated carbocycles. The van der Waals surface area contributed by atoms with Crippen molar-refractivity contribution >= 4 is 29.1 Å². The Morgan fingerprint density at radius 2 is 2.10 bits per heavy atom. The lowest BCUT2D eigenvalue weighted by Gasteiger charge is -2.38. The van der Waals surface area contributed by atoms with Crippen molar-refractivity contribution in [1.29, 1.82) is 0 Å². The van der Waals surface area contributed by atoms with Crippen LogP contribution in [0, 0.1) is 0 Å². The molecule has 1 fully saturated rings. The minimum absolute atomic E-state index is 0.161. The second-order valence-corrected chi connectivity index (χ2v) is 6.37. The fourth-order valence-corrected chi connectivity index (χ4v) is 3.25. The van der Waals surface area contributed by atoms with Crippen LogP contribution in [0.3, 0.4) is 0 Å². The first-order chi connectivity index (χ1) is 9.94. The molecule has 1 amide bonds. The minimum Gasteiger partial charge on any atom is -0.381 e. The smallest absolute Gasteiger partial charge is 0.236 e. The molecule has 0 bridgehead atoms. The number of carbonyl (C=O) groups excluding carboxylic acids is 1. The van der Waals surface area contributed by atoms with Crippen LogP contribution in [0.5, 0.6) is 0 Å². The number of amides is 1. The summed E-state index contributed by atoms with van der Waals surface area (Å²) in [5, 5.41) is 4.15. The topological polar surface area (TPSA) is 64.4 Å². The van der Waals surface area contributed by atoms with E-state index < -0.39 is 6.04 Å². The van der Waals surface area contributed by atoms with E-state index in [9.17, 15) is 4.79 Å². The molecule has 1 aliphatic heterocycles. The average molecular weight is 331 g/mol. The zero-order valence-electron chi connectivity index (χ0n) is 12.0. The number of carbonyl (C=O) groups is 1. The SMILES string of the molecule is C[C@@H](N)C(=O)NCC1(c2ccc(Cl)cc2Cl)CCOCC1. The van der Waals surface area contributed by atoms with Crippen molar-refractivity contribution in [3.05, 3.63) is 33.8 Å². The van der Waals surface area contributed by atoms with Gasteiger partial charge in [0.2, 0.25) is 5.91 Å². The Morgan fingerprint density at radius 3 is 2.67 bits per heavy atom. The Bertz CT molecular complexity index is 514. The van der Waals surface area contributed by atoms with E-state index >= 15 is 0 Å². The van der Waals surface area contributed by atoms with E-state index in [1.807, 2.05) is 12.1 Å². The van der Waals surface area contributed by atoms with Crippen molar-refractivity contribution < 1.29 is 9.53 Å². The molecule has 2 rings (SSSR count). The quantitative estimate of drug-likeness (QED) is 0.891. The second kappa shape index (κ2) is 6.97. The van der Waals surface area contributed by atoms with Gasteiger partial charge in [-0.15, -0.1) is 0 Å². The molecule has 1 saturated heterocycles. The Hall–Kier alpha value is -0.810. The van der Waals surface area contributed by atoms with E-state index in [1.54, 1.807) is 13.0 Å².